The van der Waals surface area contributed by atoms with E-state index in [-0.39, 0.29) is 23.2 Å². The maximum Gasteiger partial charge on any atom is 0.352 e. The van der Waals surface area contributed by atoms with Crippen molar-refractivity contribution >= 4 is 46.5 Å². The molecule has 3 aromatic heterocycles. The van der Waals surface area contributed by atoms with Crippen LogP contribution in [0.15, 0.2) is 60.1 Å². The standard InChI is InChI=1S/C28H29ClN4O5S/c1-2-3-8-24-31-26(29)22(16-25(34)35)33(24)17-18-9-11-19(12-10-18)30-27(36)23(15-20-6-5-14-39-20)32-13-4-7-21(32)28(37)38/h4-7,9-14,23H,2-3,8,15-17H2,1H3,(H,30,36)(H,34,35)(H,37,38). The van der Waals surface area contributed by atoms with E-state index in [1.807, 2.05) is 34.2 Å². The second kappa shape index (κ2) is 12.8. The highest BCUT2D eigenvalue weighted by atomic mass is 35.5. The maximum atomic E-state index is 13.4. The molecular weight excluding hydrogens is 540 g/mol. The number of nitrogens with zero attached hydrogens (tertiary/aromatic N) is 3. The Hall–Kier alpha value is -3.89. The van der Waals surface area contributed by atoms with Gasteiger partial charge >= 0.3 is 11.9 Å². The predicted molar refractivity (Wildman–Crippen MR) is 150 cm³/mol. The molecule has 0 aliphatic heterocycles. The lowest BCUT2D eigenvalue weighted by Crippen LogP contribution is -2.29. The zero-order valence-electron chi connectivity index (χ0n) is 21.3. The zero-order chi connectivity index (χ0) is 27.9. The summed E-state index contributed by atoms with van der Waals surface area (Å²) in [7, 11) is 0. The van der Waals surface area contributed by atoms with E-state index in [4.69, 9.17) is 11.6 Å². The van der Waals surface area contributed by atoms with Gasteiger partial charge in [0.15, 0.2) is 5.15 Å². The van der Waals surface area contributed by atoms with Crippen molar-refractivity contribution in [3.05, 3.63) is 92.9 Å². The van der Waals surface area contributed by atoms with E-state index < -0.39 is 18.0 Å². The van der Waals surface area contributed by atoms with E-state index in [1.165, 1.54) is 22.0 Å². The van der Waals surface area contributed by atoms with Gasteiger partial charge < -0.3 is 24.7 Å². The highest BCUT2D eigenvalue weighted by molar-refractivity contribution is 7.09. The number of aromatic nitrogens is 3. The summed E-state index contributed by atoms with van der Waals surface area (Å²) in [5.74, 6) is -1.67. The molecule has 0 aliphatic carbocycles. The topological polar surface area (TPSA) is 126 Å². The number of unbranched alkanes of at least 4 members (excludes halogenated alkanes) is 1. The van der Waals surface area contributed by atoms with E-state index in [9.17, 15) is 24.6 Å². The van der Waals surface area contributed by atoms with Gasteiger partial charge in [0.05, 0.1) is 12.1 Å². The molecule has 0 aliphatic rings. The summed E-state index contributed by atoms with van der Waals surface area (Å²) in [6.45, 7) is 2.46. The molecule has 3 N–H and O–H groups in total. The summed E-state index contributed by atoms with van der Waals surface area (Å²) in [4.78, 5) is 41.9. The third-order valence-electron chi connectivity index (χ3n) is 6.35. The molecule has 0 bridgehead atoms. The molecule has 4 aromatic rings. The minimum atomic E-state index is -1.10. The second-order valence-electron chi connectivity index (χ2n) is 9.12. The van der Waals surface area contributed by atoms with Crippen molar-refractivity contribution in [2.75, 3.05) is 5.32 Å². The van der Waals surface area contributed by atoms with Crippen LogP contribution in [0.1, 0.15) is 58.3 Å². The lowest BCUT2D eigenvalue weighted by Gasteiger charge is -2.20. The minimum Gasteiger partial charge on any atom is -0.481 e. The van der Waals surface area contributed by atoms with Crippen molar-refractivity contribution in [3.63, 3.8) is 0 Å². The van der Waals surface area contributed by atoms with Gasteiger partial charge in [0.1, 0.15) is 17.6 Å². The van der Waals surface area contributed by atoms with Crippen LogP contribution in [0.25, 0.3) is 0 Å². The quantitative estimate of drug-likeness (QED) is 0.194. The van der Waals surface area contributed by atoms with Crippen molar-refractivity contribution < 1.29 is 24.6 Å². The Labute approximate surface area is 234 Å². The van der Waals surface area contributed by atoms with Crippen LogP contribution in [-0.2, 0) is 35.4 Å². The lowest BCUT2D eigenvalue weighted by atomic mass is 10.1. The molecule has 0 spiro atoms. The van der Waals surface area contributed by atoms with E-state index in [0.717, 1.165) is 29.1 Å². The average Bonchev–Trinajstić information content (AvgIpc) is 3.65. The van der Waals surface area contributed by atoms with Crippen LogP contribution in [0, 0.1) is 0 Å². The van der Waals surface area contributed by atoms with Crippen LogP contribution in [0.4, 0.5) is 5.69 Å². The van der Waals surface area contributed by atoms with Gasteiger partial charge in [-0.15, -0.1) is 11.3 Å². The van der Waals surface area contributed by atoms with Gasteiger partial charge in [0.2, 0.25) is 5.91 Å². The highest BCUT2D eigenvalue weighted by Crippen LogP contribution is 2.25. The summed E-state index contributed by atoms with van der Waals surface area (Å²) < 4.78 is 3.34. The number of halogens is 1. The van der Waals surface area contributed by atoms with Crippen LogP contribution >= 0.6 is 22.9 Å². The molecule has 0 saturated carbocycles. The predicted octanol–water partition coefficient (Wildman–Crippen LogP) is 5.54. The third-order valence-corrected chi connectivity index (χ3v) is 7.55. The van der Waals surface area contributed by atoms with Crippen LogP contribution in [0.5, 0.6) is 0 Å². The monoisotopic (exact) mass is 568 g/mol. The molecule has 1 unspecified atom stereocenters. The smallest absolute Gasteiger partial charge is 0.352 e. The number of aryl methyl sites for hydroxylation is 1. The van der Waals surface area contributed by atoms with Crippen molar-refractivity contribution in [3.8, 4) is 0 Å². The fourth-order valence-electron chi connectivity index (χ4n) is 4.41. The molecule has 1 atom stereocenters. The van der Waals surface area contributed by atoms with Gasteiger partial charge in [0.25, 0.3) is 0 Å². The summed E-state index contributed by atoms with van der Waals surface area (Å²) in [6, 6.07) is 13.4. The fourth-order valence-corrected chi connectivity index (χ4v) is 5.42. The SMILES string of the molecule is CCCCc1nc(Cl)c(CC(=O)O)n1Cc1ccc(NC(=O)C(Cc2cccs2)n2cccc2C(=O)O)cc1. The number of carboxylic acid groups (broad SMARTS) is 2. The number of rotatable bonds is 13. The Balaban J connectivity index is 1.53. The normalized spacial score (nSPS) is 11.8. The molecule has 11 heteroatoms. The largest absolute Gasteiger partial charge is 0.481 e. The molecule has 0 radical (unpaired) electrons. The van der Waals surface area contributed by atoms with Gasteiger partial charge in [-0.1, -0.05) is 43.1 Å². The van der Waals surface area contributed by atoms with Gasteiger partial charge in [-0.25, -0.2) is 9.78 Å². The fraction of sp³-hybridized carbons (Fsp3) is 0.286. The molecule has 3 heterocycles. The zero-order valence-corrected chi connectivity index (χ0v) is 22.9. The Kier molecular flexibility index (Phi) is 9.21. The summed E-state index contributed by atoms with van der Waals surface area (Å²) in [5, 5.41) is 24.0. The van der Waals surface area contributed by atoms with E-state index >= 15 is 0 Å². The molecule has 1 amide bonds. The minimum absolute atomic E-state index is 0.0390. The highest BCUT2D eigenvalue weighted by Gasteiger charge is 2.25. The van der Waals surface area contributed by atoms with Crippen molar-refractivity contribution in [2.24, 2.45) is 0 Å². The number of thiophene rings is 1. The Morgan fingerprint density at radius 1 is 1.10 bits per heavy atom. The first-order chi connectivity index (χ1) is 18.8. The maximum absolute atomic E-state index is 13.4. The summed E-state index contributed by atoms with van der Waals surface area (Å²) in [6.07, 6.45) is 4.29. The number of hydrogen-bond acceptors (Lipinski definition) is 5. The van der Waals surface area contributed by atoms with Gasteiger partial charge in [-0.3, -0.25) is 9.59 Å². The Morgan fingerprint density at radius 2 is 1.87 bits per heavy atom. The molecule has 39 heavy (non-hydrogen) atoms. The molecule has 1 aromatic carbocycles. The van der Waals surface area contributed by atoms with Gasteiger partial charge in [-0.05, 0) is 47.7 Å². The summed E-state index contributed by atoms with van der Waals surface area (Å²) in [5.41, 5.74) is 1.95. The van der Waals surface area contributed by atoms with E-state index in [2.05, 4.69) is 17.2 Å². The number of hydrogen-bond donors (Lipinski definition) is 3. The number of benzene rings is 1. The number of aliphatic carboxylic acids is 1. The lowest BCUT2D eigenvalue weighted by molar-refractivity contribution is -0.136. The number of aromatic carboxylic acids is 1. The number of carboxylic acids is 2. The number of amides is 1. The average molecular weight is 569 g/mol. The molecular formula is C28H29ClN4O5S. The molecule has 9 nitrogen and oxygen atoms in total. The first-order valence-corrected chi connectivity index (χ1v) is 13.8. The third kappa shape index (κ3) is 6.96. The molecule has 0 fully saturated rings. The van der Waals surface area contributed by atoms with Crippen LogP contribution < -0.4 is 5.32 Å². The molecule has 204 valence electrons. The number of imidazole rings is 1. The number of carbonyl (C=O) groups is 3. The first-order valence-electron chi connectivity index (χ1n) is 12.5. The van der Waals surface area contributed by atoms with E-state index in [0.29, 0.717) is 30.8 Å². The van der Waals surface area contributed by atoms with Crippen molar-refractivity contribution in [2.45, 2.75) is 51.6 Å². The molecule has 4 rings (SSSR count). The Bertz CT molecular complexity index is 1440. The number of anilines is 1. The number of nitrogens with one attached hydrogen (secondary N) is 1. The number of carbonyl (C=O) groups excluding carboxylic acids is 1. The first kappa shape index (κ1) is 28.1. The second-order valence-corrected chi connectivity index (χ2v) is 10.5. The Morgan fingerprint density at radius 3 is 2.51 bits per heavy atom. The van der Waals surface area contributed by atoms with E-state index in [1.54, 1.807) is 24.4 Å². The summed E-state index contributed by atoms with van der Waals surface area (Å²) >= 11 is 7.80. The van der Waals surface area contributed by atoms with Crippen LogP contribution in [0.3, 0.4) is 0 Å². The van der Waals surface area contributed by atoms with Crippen molar-refractivity contribution in [1.29, 1.82) is 0 Å². The van der Waals surface area contributed by atoms with Gasteiger partial charge in [0, 0.05) is 36.1 Å². The van der Waals surface area contributed by atoms with Gasteiger partial charge in [-0.2, -0.15) is 0 Å². The van der Waals surface area contributed by atoms with Crippen LogP contribution in [-0.4, -0.2) is 42.2 Å². The molecule has 0 saturated heterocycles. The van der Waals surface area contributed by atoms with Crippen molar-refractivity contribution in [1.82, 2.24) is 14.1 Å². The van der Waals surface area contributed by atoms with Crippen LogP contribution in [0.2, 0.25) is 5.15 Å².